The minimum Gasteiger partial charge on any atom is -0.338 e. The van der Waals surface area contributed by atoms with Gasteiger partial charge in [0.2, 0.25) is 5.91 Å². The van der Waals surface area contributed by atoms with Crippen molar-refractivity contribution < 1.29 is 4.79 Å². The van der Waals surface area contributed by atoms with E-state index in [9.17, 15) is 4.79 Å². The molecule has 0 aromatic heterocycles. The van der Waals surface area contributed by atoms with E-state index < -0.39 is 0 Å². The van der Waals surface area contributed by atoms with Crippen LogP contribution in [-0.4, -0.2) is 40.4 Å². The Balaban J connectivity index is 1.90. The highest BCUT2D eigenvalue weighted by atomic mass is 32.2. The minimum atomic E-state index is -0.230. The maximum absolute atomic E-state index is 12.0. The number of likely N-dealkylation sites (tertiary alicyclic amines) is 1. The summed E-state index contributed by atoms with van der Waals surface area (Å²) in [6.45, 7) is 3.14. The number of hydrogen-bond donors (Lipinski definition) is 1. The second-order valence-corrected chi connectivity index (χ2v) is 6.40. The molecule has 3 atom stereocenters. The van der Waals surface area contributed by atoms with Gasteiger partial charge in [0.05, 0.1) is 6.04 Å². The molecule has 3 unspecified atom stereocenters. The molecule has 16 heavy (non-hydrogen) atoms. The van der Waals surface area contributed by atoms with Gasteiger partial charge in [-0.2, -0.15) is 11.8 Å². The Bertz CT molecular complexity index is 259. The van der Waals surface area contributed by atoms with Crippen molar-refractivity contribution >= 4 is 17.7 Å². The lowest BCUT2D eigenvalue weighted by molar-refractivity contribution is -0.137. The van der Waals surface area contributed by atoms with Crippen molar-refractivity contribution in [1.82, 2.24) is 4.90 Å². The van der Waals surface area contributed by atoms with Gasteiger partial charge in [-0.05, 0) is 37.9 Å². The van der Waals surface area contributed by atoms with Crippen molar-refractivity contribution in [2.45, 2.75) is 56.4 Å². The van der Waals surface area contributed by atoms with E-state index in [1.807, 2.05) is 11.8 Å². The van der Waals surface area contributed by atoms with Crippen LogP contribution in [0.25, 0.3) is 0 Å². The van der Waals surface area contributed by atoms with E-state index in [1.54, 1.807) is 0 Å². The molecule has 0 bridgehead atoms. The molecule has 1 amide bonds. The Hall–Kier alpha value is -0.220. The number of nitrogens with two attached hydrogens (primary N) is 1. The summed E-state index contributed by atoms with van der Waals surface area (Å²) in [5, 5.41) is 0.765. The summed E-state index contributed by atoms with van der Waals surface area (Å²) in [6.07, 6.45) is 5.57. The number of thioether (sulfide) groups is 1. The number of rotatable bonds is 3. The first-order valence-electron chi connectivity index (χ1n) is 6.40. The Kier molecular flexibility index (Phi) is 4.14. The van der Waals surface area contributed by atoms with Gasteiger partial charge in [0.15, 0.2) is 0 Å². The van der Waals surface area contributed by atoms with Crippen molar-refractivity contribution in [3.63, 3.8) is 0 Å². The molecule has 0 aromatic rings. The molecule has 2 N–H and O–H groups in total. The van der Waals surface area contributed by atoms with Crippen molar-refractivity contribution in [3.8, 4) is 0 Å². The molecule has 92 valence electrons. The van der Waals surface area contributed by atoms with Crippen LogP contribution in [0, 0.1) is 0 Å². The number of amides is 1. The van der Waals surface area contributed by atoms with Gasteiger partial charge in [-0.3, -0.25) is 4.79 Å². The first-order chi connectivity index (χ1) is 7.72. The Morgan fingerprint density at radius 1 is 1.44 bits per heavy atom. The van der Waals surface area contributed by atoms with Gasteiger partial charge in [-0.1, -0.05) is 6.92 Å². The molecular formula is C12H22N2OS. The summed E-state index contributed by atoms with van der Waals surface area (Å²) in [6, 6.07) is 0.245. The van der Waals surface area contributed by atoms with E-state index >= 15 is 0 Å². The fraction of sp³-hybridized carbons (Fsp3) is 0.917. The number of nitrogens with zero attached hydrogens (tertiary/aromatic N) is 1. The minimum absolute atomic E-state index is 0.193. The number of carbonyl (C=O) groups is 1. The zero-order valence-electron chi connectivity index (χ0n) is 10.0. The molecule has 2 rings (SSSR count). The first kappa shape index (κ1) is 12.2. The lowest BCUT2D eigenvalue weighted by Crippen LogP contribution is -2.51. The predicted molar refractivity (Wildman–Crippen MR) is 68.5 cm³/mol. The molecule has 1 saturated carbocycles. The van der Waals surface area contributed by atoms with Crippen LogP contribution >= 0.6 is 11.8 Å². The Morgan fingerprint density at radius 2 is 2.25 bits per heavy atom. The van der Waals surface area contributed by atoms with Crippen LogP contribution in [0.15, 0.2) is 0 Å². The number of piperidine rings is 1. The first-order valence-corrected chi connectivity index (χ1v) is 7.45. The highest BCUT2D eigenvalue weighted by molar-refractivity contribution is 7.99. The maximum Gasteiger partial charge on any atom is 0.239 e. The lowest BCUT2D eigenvalue weighted by Gasteiger charge is -2.35. The van der Waals surface area contributed by atoms with Crippen molar-refractivity contribution in [1.29, 1.82) is 0 Å². The van der Waals surface area contributed by atoms with E-state index in [2.05, 4.69) is 11.8 Å². The SMILES string of the molecule is CCSC1CCC(N2CCCC(N)C2=O)C1. The fourth-order valence-corrected chi connectivity index (χ4v) is 4.01. The monoisotopic (exact) mass is 242 g/mol. The highest BCUT2D eigenvalue weighted by Gasteiger charge is 2.35. The molecule has 0 radical (unpaired) electrons. The highest BCUT2D eigenvalue weighted by Crippen LogP contribution is 2.33. The average molecular weight is 242 g/mol. The summed E-state index contributed by atoms with van der Waals surface area (Å²) < 4.78 is 0. The lowest BCUT2D eigenvalue weighted by atomic mass is 10.0. The molecule has 1 aliphatic heterocycles. The van der Waals surface area contributed by atoms with Gasteiger partial charge in [0.1, 0.15) is 0 Å². The quantitative estimate of drug-likeness (QED) is 0.818. The van der Waals surface area contributed by atoms with Crippen LogP contribution < -0.4 is 5.73 Å². The van der Waals surface area contributed by atoms with Gasteiger partial charge in [0, 0.05) is 17.8 Å². The topological polar surface area (TPSA) is 46.3 Å². The van der Waals surface area contributed by atoms with Crippen LogP contribution in [-0.2, 0) is 4.79 Å². The average Bonchev–Trinajstić information content (AvgIpc) is 2.71. The molecule has 1 heterocycles. The summed E-state index contributed by atoms with van der Waals surface area (Å²) in [5.41, 5.74) is 5.83. The van der Waals surface area contributed by atoms with E-state index in [-0.39, 0.29) is 11.9 Å². The molecule has 4 heteroatoms. The normalized spacial score (nSPS) is 35.8. The summed E-state index contributed by atoms with van der Waals surface area (Å²) in [5.74, 6) is 1.38. The number of carbonyl (C=O) groups excluding carboxylic acids is 1. The van der Waals surface area contributed by atoms with Crippen molar-refractivity contribution in [3.05, 3.63) is 0 Å². The summed E-state index contributed by atoms with van der Waals surface area (Å²) >= 11 is 2.04. The summed E-state index contributed by atoms with van der Waals surface area (Å²) in [7, 11) is 0. The van der Waals surface area contributed by atoms with E-state index in [0.29, 0.717) is 6.04 Å². The molecular weight excluding hydrogens is 220 g/mol. The van der Waals surface area contributed by atoms with Gasteiger partial charge in [-0.25, -0.2) is 0 Å². The molecule has 0 spiro atoms. The third kappa shape index (κ3) is 2.54. The molecule has 3 nitrogen and oxygen atoms in total. The van der Waals surface area contributed by atoms with E-state index in [0.717, 1.165) is 24.6 Å². The van der Waals surface area contributed by atoms with Gasteiger partial charge >= 0.3 is 0 Å². The molecule has 2 aliphatic rings. The molecule has 2 fully saturated rings. The zero-order valence-corrected chi connectivity index (χ0v) is 10.8. The van der Waals surface area contributed by atoms with Gasteiger partial charge < -0.3 is 10.6 Å². The second kappa shape index (κ2) is 5.41. The molecule has 1 aliphatic carbocycles. The van der Waals surface area contributed by atoms with Gasteiger partial charge in [0.25, 0.3) is 0 Å². The fourth-order valence-electron chi connectivity index (χ4n) is 2.88. The predicted octanol–water partition coefficient (Wildman–Crippen LogP) is 1.61. The van der Waals surface area contributed by atoms with E-state index in [4.69, 9.17) is 5.73 Å². The van der Waals surface area contributed by atoms with Gasteiger partial charge in [-0.15, -0.1) is 0 Å². The largest absolute Gasteiger partial charge is 0.338 e. The Labute approximate surface area is 102 Å². The Morgan fingerprint density at radius 3 is 3.00 bits per heavy atom. The zero-order chi connectivity index (χ0) is 11.5. The van der Waals surface area contributed by atoms with Crippen LogP contribution in [0.5, 0.6) is 0 Å². The van der Waals surface area contributed by atoms with Crippen LogP contribution in [0.1, 0.15) is 39.0 Å². The number of hydrogen-bond acceptors (Lipinski definition) is 3. The van der Waals surface area contributed by atoms with Crippen LogP contribution in [0.3, 0.4) is 0 Å². The summed E-state index contributed by atoms with van der Waals surface area (Å²) in [4.78, 5) is 14.0. The smallest absolute Gasteiger partial charge is 0.239 e. The van der Waals surface area contributed by atoms with E-state index in [1.165, 1.54) is 25.0 Å². The maximum atomic E-state index is 12.0. The third-order valence-electron chi connectivity index (χ3n) is 3.71. The van der Waals surface area contributed by atoms with Crippen LogP contribution in [0.4, 0.5) is 0 Å². The standard InChI is InChI=1S/C12H22N2OS/c1-2-16-10-6-5-9(8-10)14-7-3-4-11(13)12(14)15/h9-11H,2-8,13H2,1H3. The third-order valence-corrected chi connectivity index (χ3v) is 4.95. The van der Waals surface area contributed by atoms with Crippen molar-refractivity contribution in [2.75, 3.05) is 12.3 Å². The molecule has 0 aromatic carbocycles. The second-order valence-electron chi connectivity index (χ2n) is 4.82. The van der Waals surface area contributed by atoms with Crippen LogP contribution in [0.2, 0.25) is 0 Å². The molecule has 1 saturated heterocycles. The van der Waals surface area contributed by atoms with Crippen molar-refractivity contribution in [2.24, 2.45) is 5.73 Å².